The largest absolute Gasteiger partial charge is 0.344 e. The van der Waals surface area contributed by atoms with Gasteiger partial charge in [-0.25, -0.2) is 14.4 Å². The molecule has 0 amide bonds. The number of piperidine rings is 1. The lowest BCUT2D eigenvalue weighted by molar-refractivity contribution is 0.427. The molecule has 0 radical (unpaired) electrons. The van der Waals surface area contributed by atoms with Gasteiger partial charge in [0.05, 0.1) is 0 Å². The molecule has 4 rings (SSSR count). The highest BCUT2D eigenvalue weighted by atomic mass is 32.2. The molecule has 15 heteroatoms. The highest BCUT2D eigenvalue weighted by Crippen LogP contribution is 2.32. The van der Waals surface area contributed by atoms with Gasteiger partial charge in [-0.15, -0.1) is 11.3 Å². The van der Waals surface area contributed by atoms with Crippen molar-refractivity contribution in [1.29, 1.82) is 0 Å². The van der Waals surface area contributed by atoms with Gasteiger partial charge in [0.25, 0.3) is 0 Å². The van der Waals surface area contributed by atoms with Crippen LogP contribution < -0.4 is 38.9 Å². The summed E-state index contributed by atoms with van der Waals surface area (Å²) in [6.07, 6.45) is 10.5. The molecule has 1 saturated carbocycles. The molecule has 0 aromatic carbocycles. The molecule has 0 spiro atoms. The number of aromatic nitrogens is 4. The Morgan fingerprint density at radius 1 is 0.906 bits per heavy atom. The van der Waals surface area contributed by atoms with Gasteiger partial charge in [-0.3, -0.25) is 0 Å². The van der Waals surface area contributed by atoms with Crippen molar-refractivity contribution in [3.63, 3.8) is 0 Å². The topological polar surface area (TPSA) is 253 Å². The summed E-state index contributed by atoms with van der Waals surface area (Å²) >= 11 is 1.21. The van der Waals surface area contributed by atoms with Crippen LogP contribution in [0.15, 0.2) is 11.6 Å². The predicted octanol–water partition coefficient (Wildman–Crippen LogP) is 4.77. The first-order valence-corrected chi connectivity index (χ1v) is 12.2. The van der Waals surface area contributed by atoms with Crippen LogP contribution in [0.3, 0.4) is 0 Å². The molecule has 3 heterocycles. The smallest absolute Gasteiger partial charge is 0.325 e. The standard InChI is InChI=1S/C17H25N7O2S2.4H3N.4H2/c25-28(26,23-17-18-9-12-27-17)22-15-19-14(13-7-3-1-4-8-13)20-16(21-15)24-10-5-2-6-11-24;;;;;;;;/h9,12-13H,1-8,10-11H2,(H,18,23)(H,19,20,21,22);4*1H3;4*1H. The third kappa shape index (κ3) is 7.75. The third-order valence-corrected chi connectivity index (χ3v) is 6.86. The van der Waals surface area contributed by atoms with Gasteiger partial charge in [0.1, 0.15) is 5.82 Å². The van der Waals surface area contributed by atoms with Crippen molar-refractivity contribution in [3.8, 4) is 0 Å². The van der Waals surface area contributed by atoms with Gasteiger partial charge in [0.2, 0.25) is 11.9 Å². The molecule has 2 aliphatic rings. The van der Waals surface area contributed by atoms with Gasteiger partial charge in [-0.2, -0.15) is 23.4 Å². The molecular formula is C17H45N11O2S2. The fourth-order valence-corrected chi connectivity index (χ4v) is 5.30. The number of rotatable bonds is 6. The number of nitrogens with one attached hydrogen (secondary N) is 2. The molecule has 32 heavy (non-hydrogen) atoms. The second-order valence-corrected chi connectivity index (χ2v) is 9.55. The Bertz CT molecular complexity index is 866. The van der Waals surface area contributed by atoms with E-state index in [0.29, 0.717) is 16.9 Å². The van der Waals surface area contributed by atoms with Crippen LogP contribution in [0.4, 0.5) is 17.0 Å². The Balaban J connectivity index is -0.000000400. The first-order valence-electron chi connectivity index (χ1n) is 9.80. The Morgan fingerprint density at radius 2 is 1.56 bits per heavy atom. The van der Waals surface area contributed by atoms with Crippen molar-refractivity contribution in [2.24, 2.45) is 0 Å². The average molecular weight is 500 g/mol. The van der Waals surface area contributed by atoms with Crippen LogP contribution in [0.25, 0.3) is 0 Å². The predicted molar refractivity (Wildman–Crippen MR) is 139 cm³/mol. The molecule has 1 saturated heterocycles. The summed E-state index contributed by atoms with van der Waals surface area (Å²) in [6, 6.07) is 0. The fourth-order valence-electron chi connectivity index (χ4n) is 3.74. The normalized spacial score (nSPS) is 16.4. The van der Waals surface area contributed by atoms with E-state index in [-0.39, 0.29) is 42.2 Å². The quantitative estimate of drug-likeness (QED) is 0.315. The molecule has 192 valence electrons. The van der Waals surface area contributed by atoms with E-state index in [1.54, 1.807) is 11.6 Å². The first kappa shape index (κ1) is 29.8. The highest BCUT2D eigenvalue weighted by molar-refractivity contribution is 7.94. The van der Waals surface area contributed by atoms with Crippen LogP contribution in [-0.2, 0) is 10.2 Å². The Hall–Kier alpha value is -2.17. The van der Waals surface area contributed by atoms with Crippen molar-refractivity contribution < 1.29 is 14.1 Å². The molecule has 1 aliphatic heterocycles. The van der Waals surface area contributed by atoms with Crippen molar-refractivity contribution in [2.75, 3.05) is 27.4 Å². The number of hydrogen-bond donors (Lipinski definition) is 6. The van der Waals surface area contributed by atoms with Crippen LogP contribution in [0.5, 0.6) is 0 Å². The van der Waals surface area contributed by atoms with Gasteiger partial charge in [-0.1, -0.05) is 19.3 Å². The summed E-state index contributed by atoms with van der Waals surface area (Å²) in [5.41, 5.74) is 0. The second kappa shape index (κ2) is 13.4. The lowest BCUT2D eigenvalue weighted by Gasteiger charge is -2.28. The third-order valence-electron chi connectivity index (χ3n) is 5.13. The summed E-state index contributed by atoms with van der Waals surface area (Å²) in [4.78, 5) is 19.7. The first-order chi connectivity index (χ1) is 13.6. The van der Waals surface area contributed by atoms with Gasteiger partial charge >= 0.3 is 10.2 Å². The monoisotopic (exact) mass is 499 g/mol. The molecule has 0 unspecified atom stereocenters. The number of thiazole rings is 1. The SMILES string of the molecule is N.N.N.N.O=S(=O)(Nc1nc(C2CCCCC2)nc(N2CCCCC2)n1)Nc1nccs1.[HH].[HH].[HH].[HH]. The van der Waals surface area contributed by atoms with Gasteiger partial charge in [0, 0.05) is 36.3 Å². The molecule has 1 aliphatic carbocycles. The second-order valence-electron chi connectivity index (χ2n) is 7.24. The summed E-state index contributed by atoms with van der Waals surface area (Å²) in [5.74, 6) is 1.60. The minimum Gasteiger partial charge on any atom is -0.344 e. The van der Waals surface area contributed by atoms with E-state index >= 15 is 0 Å². The van der Waals surface area contributed by atoms with Crippen LogP contribution in [-0.4, -0.2) is 41.4 Å². The zero-order chi connectivity index (χ0) is 19.4. The average Bonchev–Trinajstić information content (AvgIpc) is 3.21. The Morgan fingerprint density at radius 3 is 2.19 bits per heavy atom. The summed E-state index contributed by atoms with van der Waals surface area (Å²) in [7, 11) is -3.88. The Kier molecular flexibility index (Phi) is 12.5. The van der Waals surface area contributed by atoms with Gasteiger partial charge in [0.15, 0.2) is 5.13 Å². The molecule has 2 aromatic heterocycles. The van der Waals surface area contributed by atoms with Crippen molar-refractivity contribution >= 4 is 38.6 Å². The number of hydrogen-bond acceptors (Lipinski definition) is 12. The van der Waals surface area contributed by atoms with Crippen LogP contribution in [0.2, 0.25) is 0 Å². The van der Waals surface area contributed by atoms with Gasteiger partial charge < -0.3 is 29.5 Å². The van der Waals surface area contributed by atoms with Gasteiger partial charge in [-0.05, 0) is 32.1 Å². The number of nitrogens with zero attached hydrogens (tertiary/aromatic N) is 5. The lowest BCUT2D eigenvalue weighted by atomic mass is 9.89. The molecule has 14 N–H and O–H groups in total. The van der Waals surface area contributed by atoms with Crippen LogP contribution >= 0.6 is 11.3 Å². The van der Waals surface area contributed by atoms with Crippen LogP contribution in [0.1, 0.15) is 68.8 Å². The zero-order valence-electron chi connectivity index (χ0n) is 18.5. The maximum Gasteiger partial charge on any atom is 0.325 e. The minimum absolute atomic E-state index is 0. The summed E-state index contributed by atoms with van der Waals surface area (Å²) < 4.78 is 29.8. The molecular weight excluding hydrogens is 454 g/mol. The zero-order valence-corrected chi connectivity index (χ0v) is 20.1. The maximum absolute atomic E-state index is 12.5. The molecule has 13 nitrogen and oxygen atoms in total. The van der Waals surface area contributed by atoms with E-state index in [9.17, 15) is 8.42 Å². The summed E-state index contributed by atoms with van der Waals surface area (Å²) in [5, 5.41) is 2.00. The fraction of sp³-hybridized carbons (Fsp3) is 0.647. The van der Waals surface area contributed by atoms with E-state index in [1.807, 2.05) is 0 Å². The molecule has 0 bridgehead atoms. The maximum atomic E-state index is 12.5. The van der Waals surface area contributed by atoms with E-state index in [4.69, 9.17) is 4.98 Å². The lowest BCUT2D eigenvalue weighted by Crippen LogP contribution is -2.32. The Labute approximate surface area is 199 Å². The van der Waals surface area contributed by atoms with Crippen molar-refractivity contribution in [1.82, 2.24) is 44.5 Å². The van der Waals surface area contributed by atoms with Crippen LogP contribution in [0, 0.1) is 0 Å². The van der Waals surface area contributed by atoms with E-state index in [0.717, 1.165) is 51.6 Å². The molecule has 2 fully saturated rings. The highest BCUT2D eigenvalue weighted by Gasteiger charge is 2.24. The molecule has 0 atom stereocenters. The van der Waals surface area contributed by atoms with E-state index in [1.165, 1.54) is 24.2 Å². The van der Waals surface area contributed by atoms with Crippen molar-refractivity contribution in [3.05, 3.63) is 17.4 Å². The minimum atomic E-state index is -3.88. The van der Waals surface area contributed by atoms with E-state index in [2.05, 4.69) is 29.3 Å². The van der Waals surface area contributed by atoms with E-state index < -0.39 is 10.2 Å². The van der Waals surface area contributed by atoms with Crippen molar-refractivity contribution in [2.45, 2.75) is 57.3 Å². The summed E-state index contributed by atoms with van der Waals surface area (Å²) in [6.45, 7) is 1.77. The number of anilines is 3. The molecule has 2 aromatic rings.